The van der Waals surface area contributed by atoms with Gasteiger partial charge in [-0.25, -0.2) is 9.37 Å². The molecule has 1 aromatic heterocycles. The number of rotatable bonds is 3. The van der Waals surface area contributed by atoms with Crippen LogP contribution in [0.1, 0.15) is 21.1 Å². The second-order valence-electron chi connectivity index (χ2n) is 3.76. The predicted octanol–water partition coefficient (Wildman–Crippen LogP) is 3.25. The second-order valence-corrected chi connectivity index (χ2v) is 4.85. The topological polar surface area (TPSA) is 36.7 Å². The number of aromatic nitrogens is 1. The van der Waals surface area contributed by atoms with Crippen molar-refractivity contribution in [3.63, 3.8) is 0 Å². The Hall–Kier alpha value is -1.73. The van der Waals surface area contributed by atoms with E-state index in [-0.39, 0.29) is 5.82 Å². The molecule has 0 atom stereocenters. The van der Waals surface area contributed by atoms with Crippen LogP contribution in [0.25, 0.3) is 0 Å². The zero-order valence-corrected chi connectivity index (χ0v) is 10.2. The van der Waals surface area contributed by atoms with Gasteiger partial charge in [-0.15, -0.1) is 11.3 Å². The van der Waals surface area contributed by atoms with Gasteiger partial charge in [0, 0.05) is 6.42 Å². The third-order valence-electron chi connectivity index (χ3n) is 2.46. The second kappa shape index (κ2) is 5.07. The number of benzene rings is 1. The molecule has 17 heavy (non-hydrogen) atoms. The lowest BCUT2D eigenvalue weighted by molar-refractivity contribution is 0.625. The Bertz CT molecular complexity index is 569. The molecule has 0 saturated carbocycles. The van der Waals surface area contributed by atoms with Crippen molar-refractivity contribution in [2.75, 3.05) is 0 Å². The van der Waals surface area contributed by atoms with Crippen molar-refractivity contribution in [1.82, 2.24) is 4.98 Å². The minimum atomic E-state index is -0.212. The van der Waals surface area contributed by atoms with E-state index in [1.807, 2.05) is 13.0 Å². The van der Waals surface area contributed by atoms with Crippen LogP contribution in [0.2, 0.25) is 0 Å². The van der Waals surface area contributed by atoms with Crippen LogP contribution in [-0.4, -0.2) is 4.98 Å². The quantitative estimate of drug-likeness (QED) is 0.833. The SMILES string of the molecule is Cc1nc(CCc2cccc(F)c2)sc1C#N. The van der Waals surface area contributed by atoms with Gasteiger partial charge in [-0.05, 0) is 31.0 Å². The molecule has 0 saturated heterocycles. The van der Waals surface area contributed by atoms with Crippen LogP contribution in [-0.2, 0) is 12.8 Å². The number of thiazole rings is 1. The van der Waals surface area contributed by atoms with Gasteiger partial charge < -0.3 is 0 Å². The monoisotopic (exact) mass is 246 g/mol. The van der Waals surface area contributed by atoms with E-state index in [9.17, 15) is 4.39 Å². The Morgan fingerprint density at radius 3 is 2.88 bits per heavy atom. The Morgan fingerprint density at radius 1 is 1.41 bits per heavy atom. The smallest absolute Gasteiger partial charge is 0.127 e. The fraction of sp³-hybridized carbons (Fsp3) is 0.231. The Labute approximate surface area is 103 Å². The van der Waals surface area contributed by atoms with Crippen molar-refractivity contribution in [3.8, 4) is 6.07 Å². The van der Waals surface area contributed by atoms with E-state index in [1.54, 1.807) is 6.07 Å². The molecule has 0 spiro atoms. The molecule has 2 nitrogen and oxygen atoms in total. The van der Waals surface area contributed by atoms with Crippen LogP contribution in [0.15, 0.2) is 24.3 Å². The largest absolute Gasteiger partial charge is 0.245 e. The standard InChI is InChI=1S/C13H11FN2S/c1-9-12(8-15)17-13(16-9)6-5-10-3-2-4-11(14)7-10/h2-4,7H,5-6H2,1H3. The van der Waals surface area contributed by atoms with E-state index in [2.05, 4.69) is 11.1 Å². The molecule has 0 radical (unpaired) electrons. The molecule has 4 heteroatoms. The summed E-state index contributed by atoms with van der Waals surface area (Å²) in [7, 11) is 0. The van der Waals surface area contributed by atoms with Crippen molar-refractivity contribution >= 4 is 11.3 Å². The van der Waals surface area contributed by atoms with Gasteiger partial charge in [0.25, 0.3) is 0 Å². The summed E-state index contributed by atoms with van der Waals surface area (Å²) < 4.78 is 13.0. The molecule has 0 aliphatic carbocycles. The summed E-state index contributed by atoms with van der Waals surface area (Å²) in [5.41, 5.74) is 1.74. The van der Waals surface area contributed by atoms with Crippen LogP contribution >= 0.6 is 11.3 Å². The summed E-state index contributed by atoms with van der Waals surface area (Å²) in [6.45, 7) is 1.83. The lowest BCUT2D eigenvalue weighted by atomic mass is 10.1. The summed E-state index contributed by atoms with van der Waals surface area (Å²) in [6, 6.07) is 8.69. The molecule has 2 rings (SSSR count). The Morgan fingerprint density at radius 2 is 2.24 bits per heavy atom. The van der Waals surface area contributed by atoms with E-state index >= 15 is 0 Å². The van der Waals surface area contributed by atoms with Gasteiger partial charge in [0.1, 0.15) is 16.8 Å². The van der Waals surface area contributed by atoms with Crippen molar-refractivity contribution in [2.45, 2.75) is 19.8 Å². The average Bonchev–Trinajstić information content (AvgIpc) is 2.67. The van der Waals surface area contributed by atoms with Crippen molar-refractivity contribution < 1.29 is 4.39 Å². The van der Waals surface area contributed by atoms with Crippen LogP contribution in [0, 0.1) is 24.1 Å². The Kier molecular flexibility index (Phi) is 3.50. The first-order chi connectivity index (χ1) is 8.19. The third kappa shape index (κ3) is 2.89. The van der Waals surface area contributed by atoms with E-state index in [4.69, 9.17) is 5.26 Å². The number of nitriles is 1. The normalized spacial score (nSPS) is 10.2. The molecule has 1 heterocycles. The zero-order chi connectivity index (χ0) is 12.3. The molecule has 0 unspecified atom stereocenters. The number of halogens is 1. The lowest BCUT2D eigenvalue weighted by Gasteiger charge is -1.98. The molecular formula is C13H11FN2S. The van der Waals surface area contributed by atoms with Gasteiger partial charge in [-0.3, -0.25) is 0 Å². The highest BCUT2D eigenvalue weighted by Crippen LogP contribution is 2.18. The van der Waals surface area contributed by atoms with E-state index in [1.165, 1.54) is 23.5 Å². The van der Waals surface area contributed by atoms with Crippen molar-refractivity contribution in [2.24, 2.45) is 0 Å². The molecule has 0 aliphatic heterocycles. The summed E-state index contributed by atoms with van der Waals surface area (Å²) in [4.78, 5) is 4.99. The molecule has 0 aliphatic rings. The molecule has 2 aromatic rings. The van der Waals surface area contributed by atoms with Crippen LogP contribution < -0.4 is 0 Å². The molecule has 0 amide bonds. The molecule has 0 fully saturated rings. The average molecular weight is 246 g/mol. The zero-order valence-electron chi connectivity index (χ0n) is 9.40. The van der Waals surface area contributed by atoms with Gasteiger partial charge in [-0.1, -0.05) is 12.1 Å². The van der Waals surface area contributed by atoms with E-state index in [0.29, 0.717) is 4.88 Å². The fourth-order valence-corrected chi connectivity index (χ4v) is 2.47. The minimum Gasteiger partial charge on any atom is -0.245 e. The van der Waals surface area contributed by atoms with Gasteiger partial charge >= 0.3 is 0 Å². The summed E-state index contributed by atoms with van der Waals surface area (Å²) in [6.07, 6.45) is 1.49. The molecule has 86 valence electrons. The van der Waals surface area contributed by atoms with Crippen molar-refractivity contribution in [3.05, 3.63) is 51.2 Å². The molecule has 0 bridgehead atoms. The van der Waals surface area contributed by atoms with E-state index < -0.39 is 0 Å². The first-order valence-corrected chi connectivity index (χ1v) is 6.11. The molecule has 0 N–H and O–H groups in total. The van der Waals surface area contributed by atoms with Gasteiger partial charge in [0.15, 0.2) is 0 Å². The Balaban J connectivity index is 2.05. The summed E-state index contributed by atoms with van der Waals surface area (Å²) in [5.74, 6) is -0.212. The fourth-order valence-electron chi connectivity index (χ4n) is 1.61. The van der Waals surface area contributed by atoms with Gasteiger partial charge in [-0.2, -0.15) is 5.26 Å². The minimum absolute atomic E-state index is 0.212. The van der Waals surface area contributed by atoms with Crippen LogP contribution in [0.3, 0.4) is 0 Å². The third-order valence-corrected chi connectivity index (χ3v) is 3.58. The van der Waals surface area contributed by atoms with Crippen molar-refractivity contribution in [1.29, 1.82) is 5.26 Å². The number of aryl methyl sites for hydroxylation is 3. The van der Waals surface area contributed by atoms with E-state index in [0.717, 1.165) is 29.1 Å². The maximum atomic E-state index is 13.0. The highest BCUT2D eigenvalue weighted by atomic mass is 32.1. The maximum absolute atomic E-state index is 13.0. The van der Waals surface area contributed by atoms with Gasteiger partial charge in [0.05, 0.1) is 10.7 Å². The van der Waals surface area contributed by atoms with Crippen LogP contribution in [0.4, 0.5) is 4.39 Å². The lowest BCUT2D eigenvalue weighted by Crippen LogP contribution is -1.91. The van der Waals surface area contributed by atoms with Crippen LogP contribution in [0.5, 0.6) is 0 Å². The maximum Gasteiger partial charge on any atom is 0.127 e. The van der Waals surface area contributed by atoms with Gasteiger partial charge in [0.2, 0.25) is 0 Å². The first kappa shape index (κ1) is 11.7. The number of hydrogen-bond acceptors (Lipinski definition) is 3. The number of nitrogens with zero attached hydrogens (tertiary/aromatic N) is 2. The highest BCUT2D eigenvalue weighted by molar-refractivity contribution is 7.12. The molecule has 1 aromatic carbocycles. The number of hydrogen-bond donors (Lipinski definition) is 0. The summed E-state index contributed by atoms with van der Waals surface area (Å²) in [5, 5.41) is 9.76. The highest BCUT2D eigenvalue weighted by Gasteiger charge is 2.06. The predicted molar refractivity (Wildman–Crippen MR) is 65.4 cm³/mol. The molecular weight excluding hydrogens is 235 g/mol. The first-order valence-electron chi connectivity index (χ1n) is 5.30. The summed E-state index contributed by atoms with van der Waals surface area (Å²) >= 11 is 1.42.